The molecule has 1 heterocycles. The van der Waals surface area contributed by atoms with Crippen LogP contribution >= 0.6 is 0 Å². The lowest BCUT2D eigenvalue weighted by atomic mass is 10.1. The second-order valence-corrected chi connectivity index (χ2v) is 4.35. The van der Waals surface area contributed by atoms with Crippen LogP contribution in [0.1, 0.15) is 24.2 Å². The highest BCUT2D eigenvalue weighted by Gasteiger charge is 2.33. The van der Waals surface area contributed by atoms with Crippen LogP contribution in [-0.2, 0) is 6.18 Å². The standard InChI is InChI=1S/C12H10F3N3O3/c1-7(19)8-2-3-10(11(4-8)18(20)21)17-6-9(5-16-17)12(13,14)15/h2-7,19H,1H3/t7-/m1/s1. The van der Waals surface area contributed by atoms with E-state index in [2.05, 4.69) is 5.10 Å². The van der Waals surface area contributed by atoms with Crippen LogP contribution in [0.15, 0.2) is 30.6 Å². The third-order valence-corrected chi connectivity index (χ3v) is 2.84. The largest absolute Gasteiger partial charge is 0.419 e. The summed E-state index contributed by atoms with van der Waals surface area (Å²) in [6.07, 6.45) is -4.25. The number of rotatable bonds is 3. The van der Waals surface area contributed by atoms with E-state index in [1.807, 2.05) is 0 Å². The summed E-state index contributed by atoms with van der Waals surface area (Å²) in [7, 11) is 0. The second-order valence-electron chi connectivity index (χ2n) is 4.35. The molecule has 1 aromatic heterocycles. The molecule has 2 aromatic rings. The van der Waals surface area contributed by atoms with Gasteiger partial charge in [-0.1, -0.05) is 6.07 Å². The summed E-state index contributed by atoms with van der Waals surface area (Å²) in [5, 5.41) is 23.9. The lowest BCUT2D eigenvalue weighted by Gasteiger charge is -2.08. The van der Waals surface area contributed by atoms with Gasteiger partial charge in [-0.2, -0.15) is 18.3 Å². The summed E-state index contributed by atoms with van der Waals surface area (Å²) in [5.41, 5.74) is -1.27. The van der Waals surface area contributed by atoms with E-state index in [-0.39, 0.29) is 11.3 Å². The van der Waals surface area contributed by atoms with E-state index in [1.165, 1.54) is 19.1 Å². The Kier molecular flexibility index (Phi) is 3.69. The number of aliphatic hydroxyl groups excluding tert-OH is 1. The van der Waals surface area contributed by atoms with Gasteiger partial charge in [0.05, 0.1) is 22.8 Å². The van der Waals surface area contributed by atoms with Crippen LogP contribution in [-0.4, -0.2) is 19.8 Å². The summed E-state index contributed by atoms with van der Waals surface area (Å²) in [6.45, 7) is 1.43. The Bertz CT molecular complexity index is 680. The molecule has 0 bridgehead atoms. The number of alkyl halides is 3. The highest BCUT2D eigenvalue weighted by molar-refractivity contribution is 5.54. The Balaban J connectivity index is 2.53. The van der Waals surface area contributed by atoms with Crippen molar-refractivity contribution in [2.24, 2.45) is 0 Å². The lowest BCUT2D eigenvalue weighted by Crippen LogP contribution is -2.04. The summed E-state index contributed by atoms with van der Waals surface area (Å²) in [4.78, 5) is 10.3. The van der Waals surface area contributed by atoms with E-state index >= 15 is 0 Å². The second kappa shape index (κ2) is 5.17. The minimum Gasteiger partial charge on any atom is -0.389 e. The van der Waals surface area contributed by atoms with E-state index in [4.69, 9.17) is 0 Å². The fourth-order valence-corrected chi connectivity index (χ4v) is 1.74. The van der Waals surface area contributed by atoms with Crippen molar-refractivity contribution in [2.45, 2.75) is 19.2 Å². The zero-order valence-corrected chi connectivity index (χ0v) is 10.7. The Morgan fingerprint density at radius 2 is 2.10 bits per heavy atom. The first-order chi connectivity index (χ1) is 9.70. The normalized spacial score (nSPS) is 13.2. The van der Waals surface area contributed by atoms with Crippen molar-refractivity contribution in [2.75, 3.05) is 0 Å². The molecular weight excluding hydrogens is 291 g/mol. The molecule has 0 unspecified atom stereocenters. The monoisotopic (exact) mass is 301 g/mol. The summed E-state index contributed by atoms with van der Waals surface area (Å²) >= 11 is 0. The van der Waals surface area contributed by atoms with Crippen molar-refractivity contribution < 1.29 is 23.2 Å². The van der Waals surface area contributed by atoms with Crippen LogP contribution in [0.5, 0.6) is 0 Å². The first kappa shape index (κ1) is 15.0. The van der Waals surface area contributed by atoms with E-state index in [0.29, 0.717) is 12.4 Å². The van der Waals surface area contributed by atoms with Crippen molar-refractivity contribution in [3.05, 3.63) is 51.8 Å². The topological polar surface area (TPSA) is 81.2 Å². The quantitative estimate of drug-likeness (QED) is 0.698. The molecule has 0 aliphatic carbocycles. The van der Waals surface area contributed by atoms with Gasteiger partial charge in [-0.25, -0.2) is 4.68 Å². The number of halogens is 3. The number of nitro groups is 1. The lowest BCUT2D eigenvalue weighted by molar-refractivity contribution is -0.384. The average molecular weight is 301 g/mol. The van der Waals surface area contributed by atoms with Gasteiger partial charge in [0, 0.05) is 12.3 Å². The van der Waals surface area contributed by atoms with E-state index < -0.39 is 28.5 Å². The molecule has 1 aromatic carbocycles. The number of benzene rings is 1. The molecule has 9 heteroatoms. The van der Waals surface area contributed by atoms with Crippen molar-refractivity contribution in [1.82, 2.24) is 9.78 Å². The third kappa shape index (κ3) is 3.02. The Morgan fingerprint density at radius 3 is 2.57 bits per heavy atom. The Morgan fingerprint density at radius 1 is 1.43 bits per heavy atom. The van der Waals surface area contributed by atoms with Crippen molar-refractivity contribution in [3.8, 4) is 5.69 Å². The molecule has 21 heavy (non-hydrogen) atoms. The summed E-state index contributed by atoms with van der Waals surface area (Å²) in [6, 6.07) is 3.74. The molecule has 0 amide bonds. The highest BCUT2D eigenvalue weighted by atomic mass is 19.4. The number of nitro benzene ring substituents is 1. The number of hydrogen-bond donors (Lipinski definition) is 1. The predicted octanol–water partition coefficient (Wildman–Crippen LogP) is 2.85. The van der Waals surface area contributed by atoms with E-state index in [0.717, 1.165) is 10.7 Å². The highest BCUT2D eigenvalue weighted by Crippen LogP contribution is 2.31. The number of aromatic nitrogens is 2. The summed E-state index contributed by atoms with van der Waals surface area (Å²) < 4.78 is 38.4. The van der Waals surface area contributed by atoms with E-state index in [1.54, 1.807) is 0 Å². The molecule has 0 radical (unpaired) electrons. The molecule has 0 saturated carbocycles. The molecule has 1 N–H and O–H groups in total. The fourth-order valence-electron chi connectivity index (χ4n) is 1.74. The molecule has 112 valence electrons. The first-order valence-corrected chi connectivity index (χ1v) is 5.79. The van der Waals surface area contributed by atoms with Crippen molar-refractivity contribution in [3.63, 3.8) is 0 Å². The van der Waals surface area contributed by atoms with Crippen LogP contribution in [0.4, 0.5) is 18.9 Å². The number of aliphatic hydroxyl groups is 1. The number of hydrogen-bond acceptors (Lipinski definition) is 4. The van der Waals surface area contributed by atoms with Gasteiger partial charge >= 0.3 is 6.18 Å². The van der Waals surface area contributed by atoms with Crippen molar-refractivity contribution >= 4 is 5.69 Å². The van der Waals surface area contributed by atoms with Crippen molar-refractivity contribution in [1.29, 1.82) is 0 Å². The third-order valence-electron chi connectivity index (χ3n) is 2.84. The van der Waals surface area contributed by atoms with Gasteiger partial charge < -0.3 is 5.11 Å². The zero-order valence-electron chi connectivity index (χ0n) is 10.7. The molecule has 0 aliphatic rings. The number of nitrogens with zero attached hydrogens (tertiary/aromatic N) is 3. The molecule has 6 nitrogen and oxygen atoms in total. The molecule has 1 atom stereocenters. The SMILES string of the molecule is C[C@@H](O)c1ccc(-n2cc(C(F)(F)F)cn2)c([N+](=O)[O-])c1. The maximum absolute atomic E-state index is 12.5. The fraction of sp³-hybridized carbons (Fsp3) is 0.250. The van der Waals surface area contributed by atoms with Gasteiger partial charge in [0.15, 0.2) is 0 Å². The minimum atomic E-state index is -4.58. The Labute approximate surface area is 116 Å². The van der Waals surface area contributed by atoms with Gasteiger partial charge in [-0.15, -0.1) is 0 Å². The van der Waals surface area contributed by atoms with E-state index in [9.17, 15) is 28.4 Å². The molecule has 0 spiro atoms. The average Bonchev–Trinajstić information content (AvgIpc) is 2.87. The molecule has 0 saturated heterocycles. The van der Waals surface area contributed by atoms with Gasteiger partial charge in [0.1, 0.15) is 5.69 Å². The van der Waals surface area contributed by atoms with Gasteiger partial charge in [-0.3, -0.25) is 10.1 Å². The molecule has 0 fully saturated rings. The van der Waals surface area contributed by atoms with Crippen LogP contribution < -0.4 is 0 Å². The summed E-state index contributed by atoms with van der Waals surface area (Å²) in [5.74, 6) is 0. The molecule has 2 rings (SSSR count). The van der Waals surface area contributed by atoms with Crippen LogP contribution in [0.2, 0.25) is 0 Å². The maximum Gasteiger partial charge on any atom is 0.419 e. The van der Waals surface area contributed by atoms with Gasteiger partial charge in [0.25, 0.3) is 5.69 Å². The maximum atomic E-state index is 12.5. The zero-order chi connectivity index (χ0) is 15.8. The van der Waals surface area contributed by atoms with Gasteiger partial charge in [0.2, 0.25) is 0 Å². The Hall–Kier alpha value is -2.42. The predicted molar refractivity (Wildman–Crippen MR) is 65.9 cm³/mol. The molecule has 0 aliphatic heterocycles. The molecular formula is C12H10F3N3O3. The van der Waals surface area contributed by atoms with Gasteiger partial charge in [-0.05, 0) is 18.6 Å². The minimum absolute atomic E-state index is 0.111. The smallest absolute Gasteiger partial charge is 0.389 e. The van der Waals surface area contributed by atoms with Crippen LogP contribution in [0, 0.1) is 10.1 Å². The van der Waals surface area contributed by atoms with Crippen LogP contribution in [0.25, 0.3) is 5.69 Å². The first-order valence-electron chi connectivity index (χ1n) is 5.79. The van der Waals surface area contributed by atoms with Crippen LogP contribution in [0.3, 0.4) is 0 Å².